The van der Waals surface area contributed by atoms with Crippen LogP contribution in [0.15, 0.2) is 30.3 Å². The molecule has 1 atom stereocenters. The lowest BCUT2D eigenvalue weighted by molar-refractivity contribution is -0.140. The Labute approximate surface area is 215 Å². The highest BCUT2D eigenvalue weighted by molar-refractivity contribution is 7.80. The summed E-state index contributed by atoms with van der Waals surface area (Å²) in [5.41, 5.74) is -3.70. The Kier molecular flexibility index (Phi) is 7.14. The maximum Gasteiger partial charge on any atom is 0.420 e. The lowest BCUT2D eigenvalue weighted by Crippen LogP contribution is -2.57. The number of anilines is 2. The first-order valence-corrected chi connectivity index (χ1v) is 12.0. The molecule has 0 radical (unpaired) electrons. The molecule has 0 bridgehead atoms. The Bertz CT molecular complexity index is 1290. The van der Waals surface area contributed by atoms with Gasteiger partial charge in [0.15, 0.2) is 17.2 Å². The largest absolute Gasteiger partial charge is 0.420 e. The van der Waals surface area contributed by atoms with E-state index in [0.717, 1.165) is 17.0 Å². The number of carbonyl (C=O) groups excluding carboxylic acids is 1. The van der Waals surface area contributed by atoms with Crippen LogP contribution in [0.5, 0.6) is 0 Å². The van der Waals surface area contributed by atoms with E-state index < -0.39 is 46.4 Å². The number of thiocarbonyl (C=S) groups is 1. The summed E-state index contributed by atoms with van der Waals surface area (Å²) in [6.07, 6.45) is -4.24. The van der Waals surface area contributed by atoms with E-state index in [1.807, 2.05) is 0 Å². The van der Waals surface area contributed by atoms with Gasteiger partial charge in [0.2, 0.25) is 5.91 Å². The molecule has 1 saturated carbocycles. The third kappa shape index (κ3) is 4.51. The van der Waals surface area contributed by atoms with Crippen molar-refractivity contribution in [2.24, 2.45) is 0 Å². The van der Waals surface area contributed by atoms with Crippen molar-refractivity contribution in [3.05, 3.63) is 58.7 Å². The van der Waals surface area contributed by atoms with Crippen LogP contribution in [0.1, 0.15) is 48.8 Å². The van der Waals surface area contributed by atoms with E-state index >= 15 is 4.39 Å². The van der Waals surface area contributed by atoms with Crippen LogP contribution in [0.25, 0.3) is 0 Å². The lowest BCUT2D eigenvalue weighted by atomic mass is 9.74. The molecular weight excluding hydrogens is 515 g/mol. The SMILES string of the molecule is CNC(=O)CCCc1ccc(N2C(=S)N(c3ccc(C#N)c(C(F)(F)F)c3F)C(O)C23CCC3)cc1F. The molecule has 2 fully saturated rings. The van der Waals surface area contributed by atoms with Crippen molar-refractivity contribution in [2.75, 3.05) is 16.8 Å². The van der Waals surface area contributed by atoms with E-state index in [-0.39, 0.29) is 23.1 Å². The second-order valence-corrected chi connectivity index (χ2v) is 9.42. The molecule has 12 heteroatoms. The molecule has 196 valence electrons. The summed E-state index contributed by atoms with van der Waals surface area (Å²) in [6.45, 7) is 0. The number of nitrogens with zero attached hydrogens (tertiary/aromatic N) is 3. The zero-order chi connectivity index (χ0) is 27.1. The average molecular weight is 539 g/mol. The molecule has 2 N–H and O–H groups in total. The smallest absolute Gasteiger partial charge is 0.371 e. The van der Waals surface area contributed by atoms with Crippen molar-refractivity contribution >= 4 is 34.6 Å². The maximum atomic E-state index is 15.2. The molecule has 1 spiro atoms. The molecule has 1 heterocycles. The third-order valence-corrected chi connectivity index (χ3v) is 7.38. The fraction of sp³-hybridized carbons (Fsp3) is 0.400. The van der Waals surface area contributed by atoms with Gasteiger partial charge in [0.1, 0.15) is 11.4 Å². The second kappa shape index (κ2) is 9.87. The molecule has 37 heavy (non-hydrogen) atoms. The highest BCUT2D eigenvalue weighted by Crippen LogP contribution is 2.51. The number of rotatable bonds is 6. The van der Waals surface area contributed by atoms with Crippen LogP contribution in [0.4, 0.5) is 33.3 Å². The molecule has 1 amide bonds. The van der Waals surface area contributed by atoms with Crippen LogP contribution in [0.3, 0.4) is 0 Å². The number of nitriles is 1. The number of carbonyl (C=O) groups is 1. The van der Waals surface area contributed by atoms with Crippen LogP contribution in [0.2, 0.25) is 0 Å². The predicted molar refractivity (Wildman–Crippen MR) is 130 cm³/mol. The first kappa shape index (κ1) is 26.8. The first-order valence-electron chi connectivity index (χ1n) is 11.6. The molecule has 6 nitrogen and oxygen atoms in total. The van der Waals surface area contributed by atoms with Crippen molar-refractivity contribution in [3.63, 3.8) is 0 Å². The summed E-state index contributed by atoms with van der Waals surface area (Å²) in [6, 6.07) is 7.48. The molecule has 1 aliphatic heterocycles. The Morgan fingerprint density at radius 3 is 2.51 bits per heavy atom. The van der Waals surface area contributed by atoms with E-state index in [2.05, 4.69) is 5.32 Å². The van der Waals surface area contributed by atoms with Crippen LogP contribution < -0.4 is 15.1 Å². The van der Waals surface area contributed by atoms with Crippen molar-refractivity contribution in [1.82, 2.24) is 5.32 Å². The molecule has 2 aromatic carbocycles. The minimum absolute atomic E-state index is 0.163. The first-order chi connectivity index (χ1) is 17.5. The standard InChI is InChI=1S/C25H23F5N4O2S/c1-32-19(35)5-2-4-14-6-8-16(12-17(14)26)34-23(37)33(22(36)24(34)10-3-11-24)18-9-7-15(13-31)20(21(18)27)25(28,29)30/h6-9,12,22,36H,2-5,10-11H2,1H3,(H,32,35). The lowest BCUT2D eigenvalue weighted by Gasteiger charge is -2.46. The van der Waals surface area contributed by atoms with Crippen molar-refractivity contribution in [3.8, 4) is 6.07 Å². The Morgan fingerprint density at radius 2 is 1.97 bits per heavy atom. The second-order valence-electron chi connectivity index (χ2n) is 9.05. The zero-order valence-electron chi connectivity index (χ0n) is 19.7. The average Bonchev–Trinajstić information content (AvgIpc) is 3.05. The Morgan fingerprint density at radius 1 is 1.27 bits per heavy atom. The van der Waals surface area contributed by atoms with Gasteiger partial charge in [-0.25, -0.2) is 8.78 Å². The quantitative estimate of drug-likeness (QED) is 0.407. The summed E-state index contributed by atoms with van der Waals surface area (Å²) in [5, 5.41) is 22.6. The highest BCUT2D eigenvalue weighted by atomic mass is 32.1. The Balaban J connectivity index is 1.71. The van der Waals surface area contributed by atoms with Gasteiger partial charge in [-0.05, 0) is 74.2 Å². The summed E-state index contributed by atoms with van der Waals surface area (Å²) >= 11 is 5.51. The van der Waals surface area contributed by atoms with Gasteiger partial charge in [0.25, 0.3) is 0 Å². The van der Waals surface area contributed by atoms with E-state index in [0.29, 0.717) is 37.7 Å². The summed E-state index contributed by atoms with van der Waals surface area (Å²) in [7, 11) is 1.51. The summed E-state index contributed by atoms with van der Waals surface area (Å²) in [5.74, 6) is -2.45. The minimum atomic E-state index is -5.15. The highest BCUT2D eigenvalue weighted by Gasteiger charge is 2.59. The van der Waals surface area contributed by atoms with Crippen LogP contribution in [-0.4, -0.2) is 34.9 Å². The summed E-state index contributed by atoms with van der Waals surface area (Å²) in [4.78, 5) is 13.8. The van der Waals surface area contributed by atoms with Gasteiger partial charge in [0.05, 0.1) is 22.9 Å². The normalized spacial score (nSPS) is 18.6. The molecule has 0 aromatic heterocycles. The molecule has 1 unspecified atom stereocenters. The molecule has 4 rings (SSSR count). The van der Waals surface area contributed by atoms with Crippen molar-refractivity contribution < 1.29 is 31.9 Å². The molecule has 1 saturated heterocycles. The van der Waals surface area contributed by atoms with Crippen molar-refractivity contribution in [1.29, 1.82) is 5.26 Å². The fourth-order valence-corrected chi connectivity index (χ4v) is 5.43. The van der Waals surface area contributed by atoms with Gasteiger partial charge >= 0.3 is 6.18 Å². The Hall–Kier alpha value is -3.30. The number of benzene rings is 2. The number of aryl methyl sites for hydroxylation is 1. The van der Waals surface area contributed by atoms with E-state index in [9.17, 15) is 27.5 Å². The van der Waals surface area contributed by atoms with Crippen LogP contribution in [0, 0.1) is 23.0 Å². The van der Waals surface area contributed by atoms with Gasteiger partial charge < -0.3 is 15.3 Å². The van der Waals surface area contributed by atoms with Gasteiger partial charge in [-0.3, -0.25) is 9.69 Å². The number of halogens is 5. The number of nitrogens with one attached hydrogen (secondary N) is 1. The van der Waals surface area contributed by atoms with E-state index in [1.54, 1.807) is 6.07 Å². The molecular formula is C25H23F5N4O2S. The zero-order valence-corrected chi connectivity index (χ0v) is 20.5. The minimum Gasteiger partial charge on any atom is -0.371 e. The van der Waals surface area contributed by atoms with Gasteiger partial charge in [-0.15, -0.1) is 0 Å². The molecule has 2 aliphatic rings. The van der Waals surface area contributed by atoms with Crippen LogP contribution >= 0.6 is 12.2 Å². The number of aliphatic hydroxyl groups is 1. The third-order valence-electron chi connectivity index (χ3n) is 7.00. The number of aliphatic hydroxyl groups excluding tert-OH is 1. The fourth-order valence-electron chi connectivity index (χ4n) is 4.95. The monoisotopic (exact) mass is 538 g/mol. The number of amides is 1. The maximum absolute atomic E-state index is 15.2. The summed E-state index contributed by atoms with van der Waals surface area (Å²) < 4.78 is 71.0. The van der Waals surface area contributed by atoms with Gasteiger partial charge in [0, 0.05) is 19.2 Å². The molecule has 2 aromatic rings. The predicted octanol–water partition coefficient (Wildman–Crippen LogP) is 4.78. The van der Waals surface area contributed by atoms with Gasteiger partial charge in [-0.2, -0.15) is 18.4 Å². The van der Waals surface area contributed by atoms with Gasteiger partial charge in [-0.1, -0.05) is 6.07 Å². The van der Waals surface area contributed by atoms with Crippen LogP contribution in [-0.2, 0) is 17.4 Å². The number of hydrogen-bond donors (Lipinski definition) is 2. The topological polar surface area (TPSA) is 79.6 Å². The van der Waals surface area contributed by atoms with Crippen molar-refractivity contribution in [2.45, 2.75) is 56.5 Å². The number of alkyl halides is 3. The number of hydrogen-bond acceptors (Lipinski definition) is 4. The molecule has 1 aliphatic carbocycles. The van der Waals surface area contributed by atoms with E-state index in [4.69, 9.17) is 17.5 Å². The van der Waals surface area contributed by atoms with E-state index in [1.165, 1.54) is 30.1 Å².